The maximum Gasteiger partial charge on any atom is 0.261 e. The molecule has 0 bridgehead atoms. The maximum atomic E-state index is 5.93. The number of aromatic nitrogens is 4. The van der Waals surface area contributed by atoms with Crippen LogP contribution in [0.4, 0.5) is 5.95 Å². The molecule has 2 aromatic heterocycles. The molecule has 4 heterocycles. The van der Waals surface area contributed by atoms with Gasteiger partial charge in [-0.15, -0.1) is 0 Å². The third-order valence-corrected chi connectivity index (χ3v) is 4.97. The van der Waals surface area contributed by atoms with Crippen LogP contribution >= 0.6 is 0 Å². The molecule has 2 saturated heterocycles. The van der Waals surface area contributed by atoms with Crippen molar-refractivity contribution in [2.45, 2.75) is 38.0 Å². The van der Waals surface area contributed by atoms with Crippen LogP contribution in [0.3, 0.4) is 0 Å². The summed E-state index contributed by atoms with van der Waals surface area (Å²) in [6, 6.07) is 0.196. The molecule has 2 fully saturated rings. The van der Waals surface area contributed by atoms with E-state index in [1.807, 2.05) is 0 Å². The van der Waals surface area contributed by atoms with E-state index >= 15 is 0 Å². The third kappa shape index (κ3) is 4.00. The molecule has 2 aromatic rings. The first kappa shape index (κ1) is 17.3. The van der Waals surface area contributed by atoms with E-state index in [-0.39, 0.29) is 12.1 Å². The largest absolute Gasteiger partial charge is 0.370 e. The summed E-state index contributed by atoms with van der Waals surface area (Å²) < 4.78 is 11.2. The van der Waals surface area contributed by atoms with Crippen LogP contribution in [0, 0.1) is 0 Å². The zero-order valence-electron chi connectivity index (χ0n) is 15.0. The summed E-state index contributed by atoms with van der Waals surface area (Å²) in [5, 5.41) is 4.00. The average Bonchev–Trinajstić information content (AvgIpc) is 3.31. The zero-order valence-corrected chi connectivity index (χ0v) is 15.0. The Morgan fingerprint density at radius 1 is 1.19 bits per heavy atom. The van der Waals surface area contributed by atoms with Crippen molar-refractivity contribution < 1.29 is 9.26 Å². The third-order valence-electron chi connectivity index (χ3n) is 4.97. The van der Waals surface area contributed by atoms with Gasteiger partial charge in [0, 0.05) is 44.6 Å². The Morgan fingerprint density at radius 3 is 2.65 bits per heavy atom. The summed E-state index contributed by atoms with van der Waals surface area (Å²) in [5.41, 5.74) is 6.63. The van der Waals surface area contributed by atoms with Gasteiger partial charge in [0.2, 0.25) is 5.95 Å². The molecule has 1 unspecified atom stereocenters. The minimum Gasteiger partial charge on any atom is -0.370 e. The van der Waals surface area contributed by atoms with E-state index in [0.717, 1.165) is 45.4 Å². The van der Waals surface area contributed by atoms with Crippen molar-refractivity contribution in [3.63, 3.8) is 0 Å². The molecule has 0 aliphatic carbocycles. The van der Waals surface area contributed by atoms with E-state index in [2.05, 4.69) is 37.0 Å². The molecule has 0 amide bonds. The second-order valence-electron chi connectivity index (χ2n) is 7.10. The quantitative estimate of drug-likeness (QED) is 0.824. The van der Waals surface area contributed by atoms with Crippen molar-refractivity contribution in [2.24, 2.45) is 5.73 Å². The van der Waals surface area contributed by atoms with Gasteiger partial charge >= 0.3 is 0 Å². The Hall–Kier alpha value is -2.10. The highest BCUT2D eigenvalue weighted by Crippen LogP contribution is 2.20. The second kappa shape index (κ2) is 7.65. The van der Waals surface area contributed by atoms with Gasteiger partial charge < -0.3 is 24.8 Å². The molecule has 140 valence electrons. The standard InChI is InChI=1S/C17H25N7O2/c1-23-5-3-14(4-6-23)25-11-15-21-16(26-22-15)12-8-19-17(20-9-12)24-7-2-13(18)10-24/h8-9,13-14H,2-7,10-11,18H2,1H3. The molecule has 0 aromatic carbocycles. The summed E-state index contributed by atoms with van der Waals surface area (Å²) in [6.45, 7) is 4.17. The van der Waals surface area contributed by atoms with E-state index in [4.69, 9.17) is 15.0 Å². The van der Waals surface area contributed by atoms with Gasteiger partial charge in [-0.05, 0) is 26.3 Å². The SMILES string of the molecule is CN1CCC(OCc2noc(-c3cnc(N4CCC(N)C4)nc3)n2)CC1. The number of hydrogen-bond acceptors (Lipinski definition) is 9. The molecular weight excluding hydrogens is 334 g/mol. The van der Waals surface area contributed by atoms with Crippen LogP contribution in [0.15, 0.2) is 16.9 Å². The van der Waals surface area contributed by atoms with Crippen molar-refractivity contribution >= 4 is 5.95 Å². The lowest BCUT2D eigenvalue weighted by atomic mass is 10.1. The summed E-state index contributed by atoms with van der Waals surface area (Å²) in [6.07, 6.45) is 6.73. The lowest BCUT2D eigenvalue weighted by molar-refractivity contribution is -0.00138. The van der Waals surface area contributed by atoms with Crippen LogP contribution in [0.5, 0.6) is 0 Å². The highest BCUT2D eigenvalue weighted by molar-refractivity contribution is 5.51. The number of anilines is 1. The lowest BCUT2D eigenvalue weighted by Gasteiger charge is -2.28. The fourth-order valence-corrected chi connectivity index (χ4v) is 3.34. The van der Waals surface area contributed by atoms with Crippen LogP contribution < -0.4 is 10.6 Å². The lowest BCUT2D eigenvalue weighted by Crippen LogP contribution is -2.34. The molecule has 9 nitrogen and oxygen atoms in total. The van der Waals surface area contributed by atoms with Crippen molar-refractivity contribution in [2.75, 3.05) is 38.1 Å². The Bertz CT molecular complexity index is 712. The van der Waals surface area contributed by atoms with Gasteiger partial charge in [0.05, 0.1) is 11.7 Å². The number of nitrogens with two attached hydrogens (primary N) is 1. The number of ether oxygens (including phenoxy) is 1. The highest BCUT2D eigenvalue weighted by atomic mass is 16.5. The molecular formula is C17H25N7O2. The first-order valence-electron chi connectivity index (χ1n) is 9.13. The van der Waals surface area contributed by atoms with Crippen molar-refractivity contribution in [1.29, 1.82) is 0 Å². The normalized spacial score (nSPS) is 22.2. The van der Waals surface area contributed by atoms with Crippen LogP contribution in [0.25, 0.3) is 11.5 Å². The molecule has 9 heteroatoms. The summed E-state index contributed by atoms with van der Waals surface area (Å²) in [7, 11) is 2.13. The minimum absolute atomic E-state index is 0.196. The minimum atomic E-state index is 0.196. The molecule has 0 radical (unpaired) electrons. The Morgan fingerprint density at radius 2 is 1.96 bits per heavy atom. The van der Waals surface area contributed by atoms with E-state index in [9.17, 15) is 0 Å². The molecule has 0 saturated carbocycles. The van der Waals surface area contributed by atoms with Gasteiger partial charge in [-0.2, -0.15) is 4.98 Å². The van der Waals surface area contributed by atoms with Crippen LogP contribution in [0.1, 0.15) is 25.1 Å². The number of piperidine rings is 1. The van der Waals surface area contributed by atoms with Crippen molar-refractivity contribution in [1.82, 2.24) is 25.0 Å². The fourth-order valence-electron chi connectivity index (χ4n) is 3.34. The molecule has 4 rings (SSSR count). The van der Waals surface area contributed by atoms with Gasteiger partial charge in [-0.1, -0.05) is 5.16 Å². The Balaban J connectivity index is 1.34. The van der Waals surface area contributed by atoms with Crippen LogP contribution in [0.2, 0.25) is 0 Å². The Labute approximate surface area is 152 Å². The summed E-state index contributed by atoms with van der Waals surface area (Å²) >= 11 is 0. The monoisotopic (exact) mass is 359 g/mol. The molecule has 2 N–H and O–H groups in total. The number of nitrogens with zero attached hydrogens (tertiary/aromatic N) is 6. The van der Waals surface area contributed by atoms with Gasteiger partial charge in [0.25, 0.3) is 5.89 Å². The van der Waals surface area contributed by atoms with Gasteiger partial charge in [-0.25, -0.2) is 9.97 Å². The van der Waals surface area contributed by atoms with Crippen molar-refractivity contribution in [3.05, 3.63) is 18.2 Å². The number of rotatable bonds is 5. The van der Waals surface area contributed by atoms with Crippen molar-refractivity contribution in [3.8, 4) is 11.5 Å². The van der Waals surface area contributed by atoms with E-state index in [1.165, 1.54) is 0 Å². The fraction of sp³-hybridized carbons (Fsp3) is 0.647. The number of hydrogen-bond donors (Lipinski definition) is 1. The predicted octanol–water partition coefficient (Wildman–Crippen LogP) is 0.675. The molecule has 26 heavy (non-hydrogen) atoms. The molecule has 1 atom stereocenters. The maximum absolute atomic E-state index is 5.93. The van der Waals surface area contributed by atoms with E-state index in [1.54, 1.807) is 12.4 Å². The molecule has 0 spiro atoms. The average molecular weight is 359 g/mol. The van der Waals surface area contributed by atoms with Crippen LogP contribution in [-0.4, -0.2) is 70.4 Å². The highest BCUT2D eigenvalue weighted by Gasteiger charge is 2.22. The zero-order chi connectivity index (χ0) is 17.9. The second-order valence-corrected chi connectivity index (χ2v) is 7.10. The number of likely N-dealkylation sites (tertiary alicyclic amines) is 1. The van der Waals surface area contributed by atoms with Gasteiger partial charge in [0.1, 0.15) is 6.61 Å². The molecule has 2 aliphatic heterocycles. The summed E-state index contributed by atoms with van der Waals surface area (Å²) in [5.74, 6) is 1.65. The van der Waals surface area contributed by atoms with Crippen LogP contribution in [-0.2, 0) is 11.3 Å². The summed E-state index contributed by atoms with van der Waals surface area (Å²) in [4.78, 5) is 17.6. The van der Waals surface area contributed by atoms with E-state index < -0.39 is 0 Å². The van der Waals surface area contributed by atoms with Gasteiger partial charge in [-0.3, -0.25) is 0 Å². The first-order valence-corrected chi connectivity index (χ1v) is 9.13. The van der Waals surface area contributed by atoms with Gasteiger partial charge in [0.15, 0.2) is 5.82 Å². The Kier molecular flexibility index (Phi) is 5.09. The smallest absolute Gasteiger partial charge is 0.261 e. The topological polar surface area (TPSA) is 106 Å². The van der Waals surface area contributed by atoms with E-state index in [0.29, 0.717) is 29.8 Å². The predicted molar refractivity (Wildman–Crippen MR) is 95.4 cm³/mol. The first-order chi connectivity index (χ1) is 12.7. The molecule has 2 aliphatic rings.